The van der Waals surface area contributed by atoms with E-state index in [1.54, 1.807) is 12.4 Å². The van der Waals surface area contributed by atoms with Gasteiger partial charge in [0.2, 0.25) is 0 Å². The van der Waals surface area contributed by atoms with Crippen LogP contribution in [0.25, 0.3) is 0 Å². The molecule has 0 fully saturated rings. The first-order valence-corrected chi connectivity index (χ1v) is 4.13. The van der Waals surface area contributed by atoms with E-state index in [0.717, 1.165) is 8.04 Å². The molecule has 1 aromatic heterocycles. The Labute approximate surface area is 75.1 Å². The van der Waals surface area contributed by atoms with Gasteiger partial charge in [-0.15, -0.1) is 0 Å². The van der Waals surface area contributed by atoms with Gasteiger partial charge in [0.05, 0.1) is 19.9 Å². The highest BCUT2D eigenvalue weighted by molar-refractivity contribution is 14.1. The summed E-state index contributed by atoms with van der Waals surface area (Å²) < 4.78 is 1.96. The third-order valence-electron chi connectivity index (χ3n) is 0.865. The molecule has 0 saturated heterocycles. The van der Waals surface area contributed by atoms with Crippen LogP contribution in [-0.4, -0.2) is 4.98 Å². The Morgan fingerprint density at radius 3 is 2.67 bits per heavy atom. The summed E-state index contributed by atoms with van der Waals surface area (Å²) >= 11 is 5.45. The minimum Gasteiger partial charge on any atom is -0.397 e. The third kappa shape index (κ3) is 1.54. The van der Waals surface area contributed by atoms with E-state index in [0.29, 0.717) is 5.69 Å². The van der Waals surface area contributed by atoms with E-state index in [9.17, 15) is 0 Å². The van der Waals surface area contributed by atoms with Crippen molar-refractivity contribution in [3.05, 3.63) is 20.4 Å². The average molecular weight is 299 g/mol. The Bertz CT molecular complexity index is 206. The van der Waals surface area contributed by atoms with Crippen LogP contribution in [-0.2, 0) is 0 Å². The van der Waals surface area contributed by atoms with E-state index >= 15 is 0 Å². The van der Waals surface area contributed by atoms with Gasteiger partial charge in [0.15, 0.2) is 0 Å². The molecule has 1 heterocycles. The van der Waals surface area contributed by atoms with Crippen molar-refractivity contribution in [1.82, 2.24) is 4.98 Å². The smallest absolute Gasteiger partial charge is 0.0647 e. The molecule has 0 amide bonds. The number of aromatic nitrogens is 1. The standard InChI is InChI=1S/C5H4BrIN2/c6-3-1-9-2-4(8)5(3)7/h1-2H,8H2. The van der Waals surface area contributed by atoms with Crippen molar-refractivity contribution in [1.29, 1.82) is 0 Å². The molecule has 4 heteroatoms. The molecule has 2 nitrogen and oxygen atoms in total. The molecule has 0 radical (unpaired) electrons. The van der Waals surface area contributed by atoms with Crippen molar-refractivity contribution in [2.24, 2.45) is 0 Å². The van der Waals surface area contributed by atoms with E-state index in [1.807, 2.05) is 0 Å². The van der Waals surface area contributed by atoms with Gasteiger partial charge in [-0.3, -0.25) is 4.98 Å². The summed E-state index contributed by atoms with van der Waals surface area (Å²) in [4.78, 5) is 3.87. The summed E-state index contributed by atoms with van der Waals surface area (Å²) in [5.41, 5.74) is 6.23. The van der Waals surface area contributed by atoms with Gasteiger partial charge in [0.25, 0.3) is 0 Å². The zero-order valence-corrected chi connectivity index (χ0v) is 8.18. The molecule has 0 saturated carbocycles. The van der Waals surface area contributed by atoms with Crippen molar-refractivity contribution >= 4 is 44.2 Å². The SMILES string of the molecule is Nc1cncc(Br)c1I. The predicted octanol–water partition coefficient (Wildman–Crippen LogP) is 2.03. The van der Waals surface area contributed by atoms with Gasteiger partial charge < -0.3 is 5.73 Å². The summed E-state index contributed by atoms with van der Waals surface area (Å²) in [5, 5.41) is 0. The molecule has 0 atom stereocenters. The van der Waals surface area contributed by atoms with E-state index in [2.05, 4.69) is 43.5 Å². The summed E-state index contributed by atoms with van der Waals surface area (Å²) in [6.07, 6.45) is 3.35. The maximum atomic E-state index is 5.52. The molecular formula is C5H4BrIN2. The van der Waals surface area contributed by atoms with Crippen LogP contribution in [0.4, 0.5) is 5.69 Å². The summed E-state index contributed by atoms with van der Waals surface area (Å²) in [6.45, 7) is 0. The van der Waals surface area contributed by atoms with Crippen LogP contribution in [0.1, 0.15) is 0 Å². The maximum absolute atomic E-state index is 5.52. The highest BCUT2D eigenvalue weighted by Crippen LogP contribution is 2.21. The van der Waals surface area contributed by atoms with Gasteiger partial charge in [-0.25, -0.2) is 0 Å². The quantitative estimate of drug-likeness (QED) is 0.745. The molecule has 2 N–H and O–H groups in total. The van der Waals surface area contributed by atoms with Crippen LogP contribution < -0.4 is 5.73 Å². The Balaban J connectivity index is 3.25. The van der Waals surface area contributed by atoms with Crippen LogP contribution >= 0.6 is 38.5 Å². The fraction of sp³-hybridized carbons (Fsp3) is 0. The number of nitrogens with zero attached hydrogens (tertiary/aromatic N) is 1. The van der Waals surface area contributed by atoms with E-state index in [-0.39, 0.29) is 0 Å². The molecule has 0 aliphatic carbocycles. The van der Waals surface area contributed by atoms with Crippen molar-refractivity contribution in [3.8, 4) is 0 Å². The first kappa shape index (κ1) is 7.27. The largest absolute Gasteiger partial charge is 0.397 e. The van der Waals surface area contributed by atoms with Crippen LogP contribution in [0.5, 0.6) is 0 Å². The molecule has 0 spiro atoms. The maximum Gasteiger partial charge on any atom is 0.0647 e. The topological polar surface area (TPSA) is 38.9 Å². The first-order valence-electron chi connectivity index (χ1n) is 2.26. The molecule has 9 heavy (non-hydrogen) atoms. The minimum absolute atomic E-state index is 0.713. The molecule has 1 aromatic rings. The zero-order valence-electron chi connectivity index (χ0n) is 4.44. The Kier molecular flexibility index (Phi) is 2.29. The Morgan fingerprint density at radius 1 is 1.56 bits per heavy atom. The summed E-state index contributed by atoms with van der Waals surface area (Å²) in [7, 11) is 0. The van der Waals surface area contributed by atoms with E-state index in [1.165, 1.54) is 0 Å². The van der Waals surface area contributed by atoms with Crippen molar-refractivity contribution in [2.45, 2.75) is 0 Å². The second kappa shape index (κ2) is 2.83. The Hall–Kier alpha value is 0.160. The minimum atomic E-state index is 0.713. The second-order valence-electron chi connectivity index (χ2n) is 1.52. The fourth-order valence-electron chi connectivity index (χ4n) is 0.434. The zero-order chi connectivity index (χ0) is 6.85. The average Bonchev–Trinajstić information content (AvgIpc) is 1.83. The van der Waals surface area contributed by atoms with Crippen molar-refractivity contribution in [3.63, 3.8) is 0 Å². The summed E-state index contributed by atoms with van der Waals surface area (Å²) in [6, 6.07) is 0. The fourth-order valence-corrected chi connectivity index (χ4v) is 1.06. The van der Waals surface area contributed by atoms with Crippen LogP contribution in [0, 0.1) is 3.57 Å². The second-order valence-corrected chi connectivity index (χ2v) is 3.46. The number of nitrogens with two attached hydrogens (primary N) is 1. The number of pyridine rings is 1. The van der Waals surface area contributed by atoms with E-state index in [4.69, 9.17) is 5.73 Å². The van der Waals surface area contributed by atoms with Crippen molar-refractivity contribution in [2.75, 3.05) is 5.73 Å². The molecule has 0 aliphatic heterocycles. The van der Waals surface area contributed by atoms with Gasteiger partial charge >= 0.3 is 0 Å². The van der Waals surface area contributed by atoms with Crippen LogP contribution in [0.15, 0.2) is 16.9 Å². The van der Waals surface area contributed by atoms with Gasteiger partial charge in [-0.05, 0) is 38.5 Å². The lowest BCUT2D eigenvalue weighted by Crippen LogP contribution is -1.90. The van der Waals surface area contributed by atoms with Crippen LogP contribution in [0.2, 0.25) is 0 Å². The third-order valence-corrected chi connectivity index (χ3v) is 3.41. The van der Waals surface area contributed by atoms with Gasteiger partial charge in [-0.2, -0.15) is 0 Å². The molecule has 48 valence electrons. The monoisotopic (exact) mass is 298 g/mol. The number of halogens is 2. The van der Waals surface area contributed by atoms with Gasteiger partial charge in [0.1, 0.15) is 0 Å². The number of rotatable bonds is 0. The number of anilines is 1. The normalized spacial score (nSPS) is 9.56. The molecular weight excluding hydrogens is 295 g/mol. The van der Waals surface area contributed by atoms with Crippen LogP contribution in [0.3, 0.4) is 0 Å². The van der Waals surface area contributed by atoms with E-state index < -0.39 is 0 Å². The lowest BCUT2D eigenvalue weighted by Gasteiger charge is -1.96. The lowest BCUT2D eigenvalue weighted by molar-refractivity contribution is 1.30. The molecule has 0 aromatic carbocycles. The molecule has 0 aliphatic rings. The molecule has 0 bridgehead atoms. The molecule has 0 unspecified atom stereocenters. The first-order chi connectivity index (χ1) is 4.22. The lowest BCUT2D eigenvalue weighted by atomic mass is 10.4. The summed E-state index contributed by atoms with van der Waals surface area (Å²) in [5.74, 6) is 0. The number of hydrogen-bond donors (Lipinski definition) is 1. The number of nitrogen functional groups attached to an aromatic ring is 1. The highest BCUT2D eigenvalue weighted by Gasteiger charge is 1.97. The van der Waals surface area contributed by atoms with Gasteiger partial charge in [-0.1, -0.05) is 0 Å². The number of hydrogen-bond acceptors (Lipinski definition) is 2. The highest BCUT2D eigenvalue weighted by atomic mass is 127. The predicted molar refractivity (Wildman–Crippen MR) is 49.1 cm³/mol. The van der Waals surface area contributed by atoms with Crippen molar-refractivity contribution < 1.29 is 0 Å². The molecule has 1 rings (SSSR count). The van der Waals surface area contributed by atoms with Gasteiger partial charge in [0, 0.05) is 6.20 Å². The Morgan fingerprint density at radius 2 is 2.22 bits per heavy atom.